The number of aryl methyl sites for hydroxylation is 1. The van der Waals surface area contributed by atoms with E-state index in [2.05, 4.69) is 11.1 Å². The molecule has 1 atom stereocenters. The molecule has 1 unspecified atom stereocenters. The lowest BCUT2D eigenvalue weighted by Gasteiger charge is -2.16. The maximum Gasteiger partial charge on any atom is 0.315 e. The predicted octanol–water partition coefficient (Wildman–Crippen LogP) is 3.22. The number of nitrogens with zero attached hydrogens (tertiary/aromatic N) is 1. The Labute approximate surface area is 161 Å². The summed E-state index contributed by atoms with van der Waals surface area (Å²) < 4.78 is 31.7. The van der Waals surface area contributed by atoms with Crippen molar-refractivity contribution in [2.45, 2.75) is 50.7 Å². The van der Waals surface area contributed by atoms with Crippen LogP contribution in [0.3, 0.4) is 0 Å². The molecule has 0 spiro atoms. The van der Waals surface area contributed by atoms with Gasteiger partial charge in [-0.05, 0) is 50.7 Å². The normalized spacial score (nSPS) is 12.7. The highest BCUT2D eigenvalue weighted by Crippen LogP contribution is 2.23. The fraction of sp³-hybridized carbons (Fsp3) is 0.667. The number of esters is 1. The largest absolute Gasteiger partial charge is 0.465 e. The Balaban J connectivity index is 2.35. The molecule has 0 saturated heterocycles. The molecule has 0 aliphatic rings. The summed E-state index contributed by atoms with van der Waals surface area (Å²) >= 11 is 1.62. The summed E-state index contributed by atoms with van der Waals surface area (Å²) in [6.07, 6.45) is 10.1. The van der Waals surface area contributed by atoms with Crippen LogP contribution in [0.1, 0.15) is 44.6 Å². The van der Waals surface area contributed by atoms with Gasteiger partial charge in [0.15, 0.2) is 0 Å². The third kappa shape index (κ3) is 12.3. The molecular weight excluding hydrogens is 374 g/mol. The molecule has 1 aromatic rings. The monoisotopic (exact) mass is 403 g/mol. The number of thioether (sulfide) groups is 1. The fourth-order valence-electron chi connectivity index (χ4n) is 2.46. The lowest BCUT2D eigenvalue weighted by Crippen LogP contribution is -2.12. The summed E-state index contributed by atoms with van der Waals surface area (Å²) in [5.41, 5.74) is 1.21. The molecule has 0 aromatic carbocycles. The first-order valence-corrected chi connectivity index (χ1v) is 11.8. The third-order valence-electron chi connectivity index (χ3n) is 3.67. The van der Waals surface area contributed by atoms with E-state index in [1.165, 1.54) is 5.56 Å². The molecule has 26 heavy (non-hydrogen) atoms. The number of rotatable bonds is 14. The van der Waals surface area contributed by atoms with E-state index in [1.807, 2.05) is 12.3 Å². The van der Waals surface area contributed by atoms with Gasteiger partial charge in [-0.15, -0.1) is 11.8 Å². The second-order valence-corrected chi connectivity index (χ2v) is 8.95. The van der Waals surface area contributed by atoms with Gasteiger partial charge in [0, 0.05) is 17.6 Å². The van der Waals surface area contributed by atoms with Crippen LogP contribution in [-0.2, 0) is 30.3 Å². The first-order chi connectivity index (χ1) is 12.4. The van der Waals surface area contributed by atoms with E-state index in [9.17, 15) is 13.2 Å². The standard InChI is InChI=1S/C18H29NO5S2/c1-3-23-18(20)15-25-17(10-4-5-13-24-26(2,21)22)11-6-8-16-9-7-12-19-14-16/h7,9,12,14,17H,3-6,8,10-11,13,15H2,1-2H3. The molecule has 0 N–H and O–H groups in total. The van der Waals surface area contributed by atoms with Gasteiger partial charge >= 0.3 is 5.97 Å². The van der Waals surface area contributed by atoms with Gasteiger partial charge in [-0.2, -0.15) is 8.42 Å². The smallest absolute Gasteiger partial charge is 0.315 e. The quantitative estimate of drug-likeness (QED) is 0.268. The van der Waals surface area contributed by atoms with Crippen LogP contribution in [0.15, 0.2) is 24.5 Å². The van der Waals surface area contributed by atoms with E-state index < -0.39 is 10.1 Å². The highest BCUT2D eigenvalue weighted by atomic mass is 32.2. The topological polar surface area (TPSA) is 82.6 Å². The molecule has 0 bridgehead atoms. The van der Waals surface area contributed by atoms with Gasteiger partial charge in [-0.1, -0.05) is 12.5 Å². The summed E-state index contributed by atoms with van der Waals surface area (Å²) in [6, 6.07) is 4.00. The van der Waals surface area contributed by atoms with Crippen LogP contribution in [0.2, 0.25) is 0 Å². The first kappa shape index (κ1) is 22.9. The Morgan fingerprint density at radius 2 is 2.04 bits per heavy atom. The molecular formula is C18H29NO5S2. The van der Waals surface area contributed by atoms with Crippen molar-refractivity contribution in [1.82, 2.24) is 4.98 Å². The minimum absolute atomic E-state index is 0.185. The molecule has 0 aliphatic heterocycles. The molecule has 1 heterocycles. The molecule has 0 amide bonds. The molecule has 0 radical (unpaired) electrons. The van der Waals surface area contributed by atoms with Crippen molar-refractivity contribution >= 4 is 27.8 Å². The Hall–Kier alpha value is -1.12. The average Bonchev–Trinajstić information content (AvgIpc) is 2.59. The van der Waals surface area contributed by atoms with Crippen LogP contribution < -0.4 is 0 Å². The highest BCUT2D eigenvalue weighted by molar-refractivity contribution is 8.00. The van der Waals surface area contributed by atoms with Crippen molar-refractivity contribution in [1.29, 1.82) is 0 Å². The van der Waals surface area contributed by atoms with E-state index in [0.29, 0.717) is 24.0 Å². The Morgan fingerprint density at radius 1 is 1.27 bits per heavy atom. The summed E-state index contributed by atoms with van der Waals surface area (Å²) in [4.78, 5) is 15.7. The number of hydrogen-bond donors (Lipinski definition) is 0. The number of hydrogen-bond acceptors (Lipinski definition) is 7. The number of carbonyl (C=O) groups excluding carboxylic acids is 1. The molecule has 0 aliphatic carbocycles. The second-order valence-electron chi connectivity index (χ2n) is 6.01. The summed E-state index contributed by atoms with van der Waals surface area (Å²) in [7, 11) is -3.37. The van der Waals surface area contributed by atoms with E-state index >= 15 is 0 Å². The zero-order chi connectivity index (χ0) is 19.3. The van der Waals surface area contributed by atoms with Gasteiger partial charge in [-0.3, -0.25) is 14.0 Å². The maximum absolute atomic E-state index is 11.6. The van der Waals surface area contributed by atoms with Crippen LogP contribution in [0, 0.1) is 0 Å². The van der Waals surface area contributed by atoms with Gasteiger partial charge in [0.25, 0.3) is 10.1 Å². The Kier molecular flexibility index (Phi) is 11.6. The van der Waals surface area contributed by atoms with E-state index in [0.717, 1.165) is 38.4 Å². The van der Waals surface area contributed by atoms with Gasteiger partial charge in [-0.25, -0.2) is 0 Å². The van der Waals surface area contributed by atoms with Crippen molar-refractivity contribution in [2.75, 3.05) is 25.2 Å². The number of ether oxygens (including phenoxy) is 1. The molecule has 0 saturated carbocycles. The number of carbonyl (C=O) groups is 1. The number of pyridine rings is 1. The van der Waals surface area contributed by atoms with Gasteiger partial charge in [0.1, 0.15) is 0 Å². The third-order valence-corrected chi connectivity index (χ3v) is 5.61. The molecule has 6 nitrogen and oxygen atoms in total. The minimum Gasteiger partial charge on any atom is -0.465 e. The van der Waals surface area contributed by atoms with Crippen LogP contribution in [-0.4, -0.2) is 49.8 Å². The predicted molar refractivity (Wildman–Crippen MR) is 105 cm³/mol. The summed E-state index contributed by atoms with van der Waals surface area (Å²) in [5.74, 6) is 0.167. The molecule has 1 aromatic heterocycles. The maximum atomic E-state index is 11.6. The van der Waals surface area contributed by atoms with Crippen LogP contribution in [0.4, 0.5) is 0 Å². The Morgan fingerprint density at radius 3 is 2.69 bits per heavy atom. The minimum atomic E-state index is -3.37. The summed E-state index contributed by atoms with van der Waals surface area (Å²) in [6.45, 7) is 2.41. The highest BCUT2D eigenvalue weighted by Gasteiger charge is 2.13. The van der Waals surface area contributed by atoms with E-state index in [4.69, 9.17) is 8.92 Å². The zero-order valence-electron chi connectivity index (χ0n) is 15.6. The second kappa shape index (κ2) is 13.1. The molecule has 1 rings (SSSR count). The van der Waals surface area contributed by atoms with Crippen molar-refractivity contribution in [2.24, 2.45) is 0 Å². The van der Waals surface area contributed by atoms with Crippen molar-refractivity contribution in [3.63, 3.8) is 0 Å². The average molecular weight is 404 g/mol. The van der Waals surface area contributed by atoms with Gasteiger partial charge in [0.2, 0.25) is 0 Å². The number of aromatic nitrogens is 1. The van der Waals surface area contributed by atoms with Gasteiger partial charge in [0.05, 0.1) is 25.2 Å². The van der Waals surface area contributed by atoms with Gasteiger partial charge < -0.3 is 4.74 Å². The lowest BCUT2D eigenvalue weighted by molar-refractivity contribution is -0.139. The Bertz CT molecular complexity index is 607. The molecule has 8 heteroatoms. The van der Waals surface area contributed by atoms with Crippen molar-refractivity contribution in [3.05, 3.63) is 30.1 Å². The fourth-order valence-corrected chi connectivity index (χ4v) is 4.01. The van der Waals surface area contributed by atoms with Crippen molar-refractivity contribution in [3.8, 4) is 0 Å². The van der Waals surface area contributed by atoms with E-state index in [-0.39, 0.29) is 12.6 Å². The SMILES string of the molecule is CCOC(=O)CSC(CCCCOS(C)(=O)=O)CCCc1cccnc1. The number of unbranched alkanes of at least 4 members (excludes halogenated alkanes) is 1. The molecule has 0 fully saturated rings. The van der Waals surface area contributed by atoms with Crippen LogP contribution >= 0.6 is 11.8 Å². The van der Waals surface area contributed by atoms with Crippen molar-refractivity contribution < 1.29 is 22.1 Å². The summed E-state index contributed by atoms with van der Waals surface area (Å²) in [5, 5.41) is 0.342. The molecule has 148 valence electrons. The lowest BCUT2D eigenvalue weighted by atomic mass is 10.1. The zero-order valence-corrected chi connectivity index (χ0v) is 17.2. The first-order valence-electron chi connectivity index (χ1n) is 8.91. The van der Waals surface area contributed by atoms with Crippen LogP contribution in [0.5, 0.6) is 0 Å². The van der Waals surface area contributed by atoms with E-state index in [1.54, 1.807) is 24.9 Å². The van der Waals surface area contributed by atoms with Crippen LogP contribution in [0.25, 0.3) is 0 Å².